The number of rotatable bonds is 6. The zero-order valence-electron chi connectivity index (χ0n) is 12.1. The Morgan fingerprint density at radius 1 is 1.25 bits per heavy atom. The summed E-state index contributed by atoms with van der Waals surface area (Å²) >= 11 is 0. The van der Waals surface area contributed by atoms with E-state index in [4.69, 9.17) is 15.2 Å². The van der Waals surface area contributed by atoms with Gasteiger partial charge in [0.15, 0.2) is 11.5 Å². The third-order valence-corrected chi connectivity index (χ3v) is 3.24. The molecule has 0 bridgehead atoms. The van der Waals surface area contributed by atoms with Gasteiger partial charge in [-0.15, -0.1) is 0 Å². The Morgan fingerprint density at radius 3 is 2.65 bits per heavy atom. The van der Waals surface area contributed by atoms with Crippen molar-refractivity contribution in [2.24, 2.45) is 5.73 Å². The first-order chi connectivity index (χ1) is 9.69. The molecule has 0 aliphatic heterocycles. The van der Waals surface area contributed by atoms with Crippen molar-refractivity contribution >= 4 is 0 Å². The minimum Gasteiger partial charge on any atom is -0.493 e. The van der Waals surface area contributed by atoms with Crippen LogP contribution in [0.2, 0.25) is 0 Å². The van der Waals surface area contributed by atoms with E-state index in [1.165, 1.54) is 0 Å². The number of nitrogens with one attached hydrogen (secondary N) is 1. The van der Waals surface area contributed by atoms with Crippen molar-refractivity contribution in [1.82, 2.24) is 9.97 Å². The summed E-state index contributed by atoms with van der Waals surface area (Å²) in [7, 11) is 3.24. The number of hydrogen-bond donors (Lipinski definition) is 2. The molecule has 1 heterocycles. The molecule has 1 atom stereocenters. The van der Waals surface area contributed by atoms with Gasteiger partial charge in [-0.2, -0.15) is 0 Å². The van der Waals surface area contributed by atoms with Gasteiger partial charge in [0.2, 0.25) is 0 Å². The van der Waals surface area contributed by atoms with Crippen LogP contribution in [0.25, 0.3) is 11.3 Å². The lowest BCUT2D eigenvalue weighted by atomic mass is 10.1. The summed E-state index contributed by atoms with van der Waals surface area (Å²) < 4.78 is 10.5. The first-order valence-electron chi connectivity index (χ1n) is 6.72. The molecular weight excluding hydrogens is 254 g/mol. The smallest absolute Gasteiger partial charge is 0.161 e. The van der Waals surface area contributed by atoms with Gasteiger partial charge in [-0.3, -0.25) is 0 Å². The predicted octanol–water partition coefficient (Wildman–Crippen LogP) is 2.89. The molecule has 0 radical (unpaired) electrons. The average Bonchev–Trinajstić information content (AvgIpc) is 2.96. The number of ether oxygens (including phenoxy) is 2. The molecule has 0 aliphatic rings. The topological polar surface area (TPSA) is 73.2 Å². The molecule has 20 heavy (non-hydrogen) atoms. The molecular formula is C15H21N3O2. The summed E-state index contributed by atoms with van der Waals surface area (Å²) in [6.07, 6.45) is 3.75. The highest BCUT2D eigenvalue weighted by atomic mass is 16.5. The molecule has 5 heteroatoms. The van der Waals surface area contributed by atoms with Gasteiger partial charge in [0.1, 0.15) is 5.82 Å². The highest BCUT2D eigenvalue weighted by Crippen LogP contribution is 2.31. The predicted molar refractivity (Wildman–Crippen MR) is 79.0 cm³/mol. The number of aromatic amines is 1. The standard InChI is InChI=1S/C15H21N3O2/c1-4-5-11(16)15-17-9-12(18-15)10-6-7-13(19-2)14(8-10)20-3/h6-9,11H,4-5,16H2,1-3H3,(H,17,18). The molecule has 1 aromatic carbocycles. The van der Waals surface area contributed by atoms with Crippen LogP contribution in [0.5, 0.6) is 11.5 Å². The van der Waals surface area contributed by atoms with Crippen LogP contribution in [0.1, 0.15) is 31.6 Å². The summed E-state index contributed by atoms with van der Waals surface area (Å²) in [5.74, 6) is 2.22. The maximum atomic E-state index is 6.06. The second kappa shape index (κ2) is 6.43. The van der Waals surface area contributed by atoms with Crippen LogP contribution < -0.4 is 15.2 Å². The maximum Gasteiger partial charge on any atom is 0.161 e. The van der Waals surface area contributed by atoms with E-state index in [-0.39, 0.29) is 6.04 Å². The van der Waals surface area contributed by atoms with Gasteiger partial charge in [0.25, 0.3) is 0 Å². The number of aromatic nitrogens is 2. The number of nitrogens with zero attached hydrogens (tertiary/aromatic N) is 1. The van der Waals surface area contributed by atoms with Crippen molar-refractivity contribution in [2.45, 2.75) is 25.8 Å². The zero-order chi connectivity index (χ0) is 14.5. The van der Waals surface area contributed by atoms with E-state index in [0.717, 1.165) is 29.9 Å². The Labute approximate surface area is 119 Å². The number of nitrogens with two attached hydrogens (primary N) is 1. The van der Waals surface area contributed by atoms with Crippen LogP contribution in [0.15, 0.2) is 24.4 Å². The van der Waals surface area contributed by atoms with Crippen molar-refractivity contribution < 1.29 is 9.47 Å². The molecule has 1 unspecified atom stereocenters. The Kier molecular flexibility index (Phi) is 4.63. The maximum absolute atomic E-state index is 6.06. The second-order valence-corrected chi connectivity index (χ2v) is 4.65. The largest absolute Gasteiger partial charge is 0.493 e. The average molecular weight is 275 g/mol. The molecule has 1 aromatic heterocycles. The fourth-order valence-corrected chi connectivity index (χ4v) is 2.12. The first kappa shape index (κ1) is 14.4. The molecule has 0 amide bonds. The van der Waals surface area contributed by atoms with Gasteiger partial charge in [-0.05, 0) is 24.6 Å². The number of H-pyrrole nitrogens is 1. The van der Waals surface area contributed by atoms with Crippen LogP contribution in [-0.2, 0) is 0 Å². The number of imidazole rings is 1. The summed E-state index contributed by atoms with van der Waals surface area (Å²) in [5, 5.41) is 0. The van der Waals surface area contributed by atoms with E-state index < -0.39 is 0 Å². The SMILES string of the molecule is CCCC(N)c1ncc(-c2ccc(OC)c(OC)c2)[nH]1. The van der Waals surface area contributed by atoms with E-state index in [2.05, 4.69) is 16.9 Å². The molecule has 0 fully saturated rings. The molecule has 0 saturated carbocycles. The molecule has 2 rings (SSSR count). The van der Waals surface area contributed by atoms with Crippen LogP contribution in [0.4, 0.5) is 0 Å². The molecule has 3 N–H and O–H groups in total. The molecule has 0 saturated heterocycles. The number of benzene rings is 1. The van der Waals surface area contributed by atoms with Gasteiger partial charge in [-0.25, -0.2) is 4.98 Å². The van der Waals surface area contributed by atoms with E-state index in [1.807, 2.05) is 18.2 Å². The molecule has 108 valence electrons. The quantitative estimate of drug-likeness (QED) is 0.850. The lowest BCUT2D eigenvalue weighted by Gasteiger charge is -2.09. The lowest BCUT2D eigenvalue weighted by Crippen LogP contribution is -2.11. The monoisotopic (exact) mass is 275 g/mol. The van der Waals surface area contributed by atoms with Crippen molar-refractivity contribution in [3.63, 3.8) is 0 Å². The van der Waals surface area contributed by atoms with Crippen LogP contribution in [-0.4, -0.2) is 24.2 Å². The highest BCUT2D eigenvalue weighted by Gasteiger charge is 2.12. The zero-order valence-corrected chi connectivity index (χ0v) is 12.1. The van der Waals surface area contributed by atoms with Crippen LogP contribution in [0.3, 0.4) is 0 Å². The Bertz CT molecular complexity index is 566. The van der Waals surface area contributed by atoms with Gasteiger partial charge in [0.05, 0.1) is 32.2 Å². The van der Waals surface area contributed by atoms with Crippen LogP contribution in [0, 0.1) is 0 Å². The van der Waals surface area contributed by atoms with E-state index >= 15 is 0 Å². The number of hydrogen-bond acceptors (Lipinski definition) is 4. The minimum absolute atomic E-state index is 0.0473. The van der Waals surface area contributed by atoms with Gasteiger partial charge < -0.3 is 20.2 Å². The van der Waals surface area contributed by atoms with Gasteiger partial charge >= 0.3 is 0 Å². The lowest BCUT2D eigenvalue weighted by molar-refractivity contribution is 0.355. The van der Waals surface area contributed by atoms with E-state index in [9.17, 15) is 0 Å². The fraction of sp³-hybridized carbons (Fsp3) is 0.400. The molecule has 0 aliphatic carbocycles. The minimum atomic E-state index is -0.0473. The second-order valence-electron chi connectivity index (χ2n) is 4.65. The fourth-order valence-electron chi connectivity index (χ4n) is 2.12. The first-order valence-corrected chi connectivity index (χ1v) is 6.72. The van der Waals surface area contributed by atoms with Crippen molar-refractivity contribution in [1.29, 1.82) is 0 Å². The van der Waals surface area contributed by atoms with Crippen molar-refractivity contribution in [2.75, 3.05) is 14.2 Å². The molecule has 5 nitrogen and oxygen atoms in total. The van der Waals surface area contributed by atoms with Crippen molar-refractivity contribution in [3.05, 3.63) is 30.2 Å². The summed E-state index contributed by atoms with van der Waals surface area (Å²) in [6, 6.07) is 5.71. The highest BCUT2D eigenvalue weighted by molar-refractivity contribution is 5.63. The summed E-state index contributed by atoms with van der Waals surface area (Å²) in [4.78, 5) is 7.63. The van der Waals surface area contributed by atoms with Gasteiger partial charge in [0, 0.05) is 5.56 Å². The van der Waals surface area contributed by atoms with E-state index in [0.29, 0.717) is 11.5 Å². The Morgan fingerprint density at radius 2 is 2.00 bits per heavy atom. The van der Waals surface area contributed by atoms with Crippen LogP contribution >= 0.6 is 0 Å². The van der Waals surface area contributed by atoms with Gasteiger partial charge in [-0.1, -0.05) is 13.3 Å². The summed E-state index contributed by atoms with van der Waals surface area (Å²) in [6.45, 7) is 2.11. The number of methoxy groups -OCH3 is 2. The third kappa shape index (κ3) is 2.93. The van der Waals surface area contributed by atoms with E-state index in [1.54, 1.807) is 20.4 Å². The third-order valence-electron chi connectivity index (χ3n) is 3.24. The summed E-state index contributed by atoms with van der Waals surface area (Å²) in [5.41, 5.74) is 7.97. The van der Waals surface area contributed by atoms with Crippen molar-refractivity contribution in [3.8, 4) is 22.8 Å². The molecule has 2 aromatic rings. The Hall–Kier alpha value is -2.01. The Balaban J connectivity index is 2.28. The normalized spacial score (nSPS) is 12.2. The molecule has 0 spiro atoms.